The number of nitrogens with zero attached hydrogens (tertiary/aromatic N) is 2. The van der Waals surface area contributed by atoms with Crippen LogP contribution in [0.1, 0.15) is 32.6 Å². The van der Waals surface area contributed by atoms with Crippen LogP contribution in [0.4, 0.5) is 11.4 Å². The largest absolute Gasteiger partial charge is 0.465 e. The third-order valence-corrected chi connectivity index (χ3v) is 4.83. The zero-order chi connectivity index (χ0) is 19.5. The normalized spacial score (nSPS) is 11.8. The summed E-state index contributed by atoms with van der Waals surface area (Å²) in [4.78, 5) is 13.9. The molecule has 136 valence electrons. The molecule has 0 saturated heterocycles. The molecule has 1 heterocycles. The Kier molecular flexibility index (Phi) is 4.65. The lowest BCUT2D eigenvalue weighted by Crippen LogP contribution is -2.18. The SMILES string of the molecule is COC(=O)c1ccc(CN2c3ccccc3C=Cc3cc(C#N)ccc32)cc1. The maximum atomic E-state index is 11.7. The number of carbonyl (C=O) groups is 1. The van der Waals surface area contributed by atoms with Gasteiger partial charge in [-0.25, -0.2) is 4.79 Å². The molecule has 0 saturated carbocycles. The summed E-state index contributed by atoms with van der Waals surface area (Å²) in [6.07, 6.45) is 4.13. The smallest absolute Gasteiger partial charge is 0.337 e. The van der Waals surface area contributed by atoms with E-state index < -0.39 is 0 Å². The van der Waals surface area contributed by atoms with Crippen LogP contribution in [-0.2, 0) is 11.3 Å². The van der Waals surface area contributed by atoms with Crippen molar-refractivity contribution in [3.05, 3.63) is 94.5 Å². The standard InChI is InChI=1S/C24H18N2O2/c1-28-24(27)20-9-6-17(7-10-20)16-26-22-5-3-2-4-19(22)11-12-21-14-18(15-25)8-13-23(21)26/h2-14H,16H2,1H3. The van der Waals surface area contributed by atoms with Gasteiger partial charge in [-0.05, 0) is 53.1 Å². The second kappa shape index (κ2) is 7.42. The Morgan fingerprint density at radius 1 is 0.964 bits per heavy atom. The first-order valence-electron chi connectivity index (χ1n) is 8.95. The van der Waals surface area contributed by atoms with Gasteiger partial charge >= 0.3 is 5.97 Å². The topological polar surface area (TPSA) is 53.3 Å². The average molecular weight is 366 g/mol. The number of para-hydroxylation sites is 1. The van der Waals surface area contributed by atoms with E-state index in [0.29, 0.717) is 17.7 Å². The molecule has 0 radical (unpaired) electrons. The number of rotatable bonds is 3. The number of hydrogen-bond acceptors (Lipinski definition) is 4. The van der Waals surface area contributed by atoms with Gasteiger partial charge in [0.15, 0.2) is 0 Å². The van der Waals surface area contributed by atoms with Crippen LogP contribution in [0.2, 0.25) is 0 Å². The maximum Gasteiger partial charge on any atom is 0.337 e. The van der Waals surface area contributed by atoms with Crippen LogP contribution in [0.3, 0.4) is 0 Å². The highest BCUT2D eigenvalue weighted by Crippen LogP contribution is 2.37. The molecule has 3 aromatic carbocycles. The zero-order valence-corrected chi connectivity index (χ0v) is 15.4. The minimum Gasteiger partial charge on any atom is -0.465 e. The fourth-order valence-corrected chi connectivity index (χ4v) is 3.40. The number of anilines is 2. The predicted molar refractivity (Wildman–Crippen MR) is 110 cm³/mol. The van der Waals surface area contributed by atoms with Gasteiger partial charge in [0.05, 0.1) is 24.3 Å². The van der Waals surface area contributed by atoms with Crippen molar-refractivity contribution in [2.24, 2.45) is 0 Å². The van der Waals surface area contributed by atoms with E-state index in [1.807, 2.05) is 42.5 Å². The molecular weight excluding hydrogens is 348 g/mol. The summed E-state index contributed by atoms with van der Waals surface area (Å²) < 4.78 is 4.77. The first-order chi connectivity index (χ1) is 13.7. The molecule has 4 nitrogen and oxygen atoms in total. The number of fused-ring (bicyclic) bond motifs is 2. The second-order valence-electron chi connectivity index (χ2n) is 6.55. The molecule has 3 aromatic rings. The van der Waals surface area contributed by atoms with E-state index in [-0.39, 0.29) is 5.97 Å². The van der Waals surface area contributed by atoms with Gasteiger partial charge in [-0.15, -0.1) is 0 Å². The highest BCUT2D eigenvalue weighted by molar-refractivity contribution is 5.90. The summed E-state index contributed by atoms with van der Waals surface area (Å²) in [6.45, 7) is 0.638. The van der Waals surface area contributed by atoms with Gasteiger partial charge in [-0.2, -0.15) is 5.26 Å². The third-order valence-electron chi connectivity index (χ3n) is 4.83. The summed E-state index contributed by atoms with van der Waals surface area (Å²) in [7, 11) is 1.38. The Morgan fingerprint density at radius 3 is 2.43 bits per heavy atom. The lowest BCUT2D eigenvalue weighted by molar-refractivity contribution is 0.0600. The van der Waals surface area contributed by atoms with Gasteiger partial charge in [0, 0.05) is 17.9 Å². The van der Waals surface area contributed by atoms with Crippen molar-refractivity contribution in [2.75, 3.05) is 12.0 Å². The van der Waals surface area contributed by atoms with Gasteiger partial charge in [0.25, 0.3) is 0 Å². The van der Waals surface area contributed by atoms with Crippen LogP contribution < -0.4 is 4.90 Å². The molecule has 0 fully saturated rings. The van der Waals surface area contributed by atoms with E-state index in [4.69, 9.17) is 4.74 Å². The summed E-state index contributed by atoms with van der Waals surface area (Å²) in [5, 5.41) is 9.25. The number of benzene rings is 3. The van der Waals surface area contributed by atoms with Crippen LogP contribution in [0.5, 0.6) is 0 Å². The fourth-order valence-electron chi connectivity index (χ4n) is 3.40. The van der Waals surface area contributed by atoms with Crippen molar-refractivity contribution in [3.8, 4) is 6.07 Å². The highest BCUT2D eigenvalue weighted by Gasteiger charge is 2.18. The van der Waals surface area contributed by atoms with Gasteiger partial charge < -0.3 is 9.64 Å². The Bertz CT molecular complexity index is 1110. The quantitative estimate of drug-likeness (QED) is 0.600. The molecule has 0 unspecified atom stereocenters. The molecule has 0 spiro atoms. The summed E-state index contributed by atoms with van der Waals surface area (Å²) >= 11 is 0. The zero-order valence-electron chi connectivity index (χ0n) is 15.4. The van der Waals surface area contributed by atoms with Crippen molar-refractivity contribution < 1.29 is 9.53 Å². The van der Waals surface area contributed by atoms with Gasteiger partial charge in [0.1, 0.15) is 0 Å². The number of hydrogen-bond donors (Lipinski definition) is 0. The predicted octanol–water partition coefficient (Wildman–Crippen LogP) is 5.17. The van der Waals surface area contributed by atoms with Crippen LogP contribution in [0.15, 0.2) is 66.7 Å². The molecule has 0 aliphatic carbocycles. The van der Waals surface area contributed by atoms with E-state index >= 15 is 0 Å². The molecule has 0 amide bonds. The number of esters is 1. The fraction of sp³-hybridized carbons (Fsp3) is 0.0833. The number of nitriles is 1. The Morgan fingerprint density at radius 2 is 1.68 bits per heavy atom. The summed E-state index contributed by atoms with van der Waals surface area (Å²) in [5.41, 5.74) is 6.49. The van der Waals surface area contributed by atoms with Crippen molar-refractivity contribution in [1.29, 1.82) is 5.26 Å². The van der Waals surface area contributed by atoms with Gasteiger partial charge in [-0.1, -0.05) is 42.5 Å². The molecule has 0 N–H and O–H groups in total. The van der Waals surface area contributed by atoms with E-state index in [1.165, 1.54) is 7.11 Å². The molecule has 28 heavy (non-hydrogen) atoms. The highest BCUT2D eigenvalue weighted by atomic mass is 16.5. The Labute approximate surface area is 163 Å². The summed E-state index contributed by atoms with van der Waals surface area (Å²) in [6, 6.07) is 23.6. The van der Waals surface area contributed by atoms with Gasteiger partial charge in [0.2, 0.25) is 0 Å². The van der Waals surface area contributed by atoms with Crippen molar-refractivity contribution in [2.45, 2.75) is 6.54 Å². The van der Waals surface area contributed by atoms with Crippen LogP contribution in [0, 0.1) is 11.3 Å². The first kappa shape index (κ1) is 17.6. The molecule has 1 aliphatic heterocycles. The molecule has 0 aromatic heterocycles. The van der Waals surface area contributed by atoms with E-state index in [9.17, 15) is 10.1 Å². The number of methoxy groups -OCH3 is 1. The molecule has 4 heteroatoms. The minimum absolute atomic E-state index is 0.342. The number of ether oxygens (including phenoxy) is 1. The van der Waals surface area contributed by atoms with Crippen molar-refractivity contribution in [1.82, 2.24) is 0 Å². The molecule has 0 atom stereocenters. The first-order valence-corrected chi connectivity index (χ1v) is 8.95. The minimum atomic E-state index is -0.342. The summed E-state index contributed by atoms with van der Waals surface area (Å²) in [5.74, 6) is -0.342. The Hall–Kier alpha value is -3.84. The molecule has 1 aliphatic rings. The lowest BCUT2D eigenvalue weighted by Gasteiger charge is -2.27. The van der Waals surface area contributed by atoms with Crippen LogP contribution >= 0.6 is 0 Å². The second-order valence-corrected chi connectivity index (χ2v) is 6.55. The van der Waals surface area contributed by atoms with Crippen molar-refractivity contribution in [3.63, 3.8) is 0 Å². The average Bonchev–Trinajstić information content (AvgIpc) is 2.90. The van der Waals surface area contributed by atoms with Crippen LogP contribution in [-0.4, -0.2) is 13.1 Å². The van der Waals surface area contributed by atoms with E-state index in [2.05, 4.69) is 35.3 Å². The molecule has 4 rings (SSSR count). The van der Waals surface area contributed by atoms with E-state index in [0.717, 1.165) is 28.1 Å². The van der Waals surface area contributed by atoms with Crippen molar-refractivity contribution >= 4 is 29.5 Å². The lowest BCUT2D eigenvalue weighted by atomic mass is 10.1. The van der Waals surface area contributed by atoms with Crippen LogP contribution in [0.25, 0.3) is 12.2 Å². The monoisotopic (exact) mass is 366 g/mol. The van der Waals surface area contributed by atoms with E-state index in [1.54, 1.807) is 12.1 Å². The number of carbonyl (C=O) groups excluding carboxylic acids is 1. The maximum absolute atomic E-state index is 11.7. The van der Waals surface area contributed by atoms with Gasteiger partial charge in [-0.3, -0.25) is 0 Å². The molecule has 0 bridgehead atoms. The molecular formula is C24H18N2O2. The Balaban J connectivity index is 1.76. The third kappa shape index (κ3) is 3.26.